The van der Waals surface area contributed by atoms with E-state index in [0.29, 0.717) is 18.8 Å². The summed E-state index contributed by atoms with van der Waals surface area (Å²) in [4.78, 5) is 24.7. The largest absolute Gasteiger partial charge is 0.401 e. The van der Waals surface area contributed by atoms with E-state index in [1.807, 2.05) is 7.05 Å². The maximum absolute atomic E-state index is 14.2. The maximum atomic E-state index is 14.2. The van der Waals surface area contributed by atoms with E-state index in [2.05, 4.69) is 25.3 Å². The third kappa shape index (κ3) is 4.07. The summed E-state index contributed by atoms with van der Waals surface area (Å²) in [5.41, 5.74) is -1.75. The smallest absolute Gasteiger partial charge is 0.369 e. The maximum Gasteiger partial charge on any atom is 0.401 e. The van der Waals surface area contributed by atoms with E-state index in [4.69, 9.17) is 27.9 Å². The molecule has 2 atom stereocenters. The van der Waals surface area contributed by atoms with Crippen LogP contribution in [0, 0.1) is 0 Å². The van der Waals surface area contributed by atoms with Gasteiger partial charge < -0.3 is 15.0 Å². The number of anilines is 2. The Morgan fingerprint density at radius 2 is 2.03 bits per heavy atom. The van der Waals surface area contributed by atoms with Crippen molar-refractivity contribution >= 4 is 46.3 Å². The number of fused-ring (bicyclic) bond motifs is 3. The quantitative estimate of drug-likeness (QED) is 0.532. The molecule has 1 unspecified atom stereocenters. The second-order valence-electron chi connectivity index (χ2n) is 8.79. The highest BCUT2D eigenvalue weighted by Gasteiger charge is 2.60. The van der Waals surface area contributed by atoms with Crippen LogP contribution in [0.15, 0.2) is 24.5 Å². The lowest BCUT2D eigenvalue weighted by atomic mass is 9.88. The van der Waals surface area contributed by atoms with E-state index in [-0.39, 0.29) is 39.0 Å². The highest BCUT2D eigenvalue weighted by Crippen LogP contribution is 2.50. The lowest BCUT2D eigenvalue weighted by Crippen LogP contribution is -2.46. The summed E-state index contributed by atoms with van der Waals surface area (Å²) >= 11 is 12.3. The number of rotatable bonds is 2. The summed E-state index contributed by atoms with van der Waals surface area (Å²) in [5, 5.41) is 6.82. The monoisotopic (exact) mass is 529 g/mol. The summed E-state index contributed by atoms with van der Waals surface area (Å²) in [6, 6.07) is 2.05. The van der Waals surface area contributed by atoms with Crippen LogP contribution < -0.4 is 10.2 Å². The third-order valence-corrected chi connectivity index (χ3v) is 6.78. The molecule has 0 aromatic carbocycles. The van der Waals surface area contributed by atoms with E-state index >= 15 is 0 Å². The van der Waals surface area contributed by atoms with Crippen molar-refractivity contribution in [3.05, 3.63) is 46.1 Å². The van der Waals surface area contributed by atoms with Crippen LogP contribution in [0.5, 0.6) is 0 Å². The van der Waals surface area contributed by atoms with Crippen LogP contribution in [-0.4, -0.2) is 70.0 Å². The van der Waals surface area contributed by atoms with Crippen molar-refractivity contribution in [2.45, 2.75) is 24.6 Å². The van der Waals surface area contributed by atoms with Crippen LogP contribution in [0.25, 0.3) is 5.65 Å². The van der Waals surface area contributed by atoms with E-state index in [1.54, 1.807) is 0 Å². The topological polar surface area (TPSA) is 87.9 Å². The Morgan fingerprint density at radius 1 is 1.26 bits per heavy atom. The lowest BCUT2D eigenvalue weighted by molar-refractivity contribution is -0.181. The second kappa shape index (κ2) is 8.47. The normalized spacial score (nSPS) is 23.1. The molecule has 5 heterocycles. The van der Waals surface area contributed by atoms with Gasteiger partial charge in [-0.1, -0.05) is 23.2 Å². The Labute approximate surface area is 207 Å². The Kier molecular flexibility index (Phi) is 5.82. The van der Waals surface area contributed by atoms with Crippen LogP contribution >= 0.6 is 23.2 Å². The number of amides is 2. The van der Waals surface area contributed by atoms with Gasteiger partial charge in [0.15, 0.2) is 10.8 Å². The molecule has 1 N–H and O–H groups in total. The summed E-state index contributed by atoms with van der Waals surface area (Å²) in [7, 11) is 1.96. The number of ether oxygens (including phenoxy) is 1. The predicted octanol–water partition coefficient (Wildman–Crippen LogP) is 4.31. The van der Waals surface area contributed by atoms with Gasteiger partial charge in [0, 0.05) is 25.7 Å². The van der Waals surface area contributed by atoms with Gasteiger partial charge in [-0.05, 0) is 20.0 Å². The molecular weight excluding hydrogens is 510 g/mol. The molecular formula is C21H20Cl2F3N7O2. The minimum atomic E-state index is -4.68. The number of pyridine rings is 1. The number of urea groups is 1. The van der Waals surface area contributed by atoms with E-state index in [9.17, 15) is 18.0 Å². The molecule has 3 aromatic rings. The van der Waals surface area contributed by atoms with Crippen LogP contribution in [0.3, 0.4) is 0 Å². The highest BCUT2D eigenvalue weighted by atomic mass is 35.5. The number of hydrogen-bond donors (Lipinski definition) is 1. The summed E-state index contributed by atoms with van der Waals surface area (Å²) in [5.74, 6) is 0. The molecule has 9 nitrogen and oxygen atoms in total. The number of carbonyl (C=O) groups is 1. The van der Waals surface area contributed by atoms with Gasteiger partial charge in [-0.25, -0.2) is 14.3 Å². The van der Waals surface area contributed by atoms with Crippen molar-refractivity contribution in [2.75, 3.05) is 43.5 Å². The first-order chi connectivity index (χ1) is 16.5. The fourth-order valence-electron chi connectivity index (χ4n) is 4.38. The first-order valence-corrected chi connectivity index (χ1v) is 11.4. The van der Waals surface area contributed by atoms with Crippen molar-refractivity contribution in [3.8, 4) is 0 Å². The minimum absolute atomic E-state index is 0.00716. The zero-order chi connectivity index (χ0) is 25.1. The Morgan fingerprint density at radius 3 is 2.71 bits per heavy atom. The number of carbonyl (C=O) groups excluding carboxylic acids is 1. The molecule has 1 fully saturated rings. The van der Waals surface area contributed by atoms with Crippen molar-refractivity contribution < 1.29 is 22.7 Å². The molecule has 0 bridgehead atoms. The lowest BCUT2D eigenvalue weighted by Gasteiger charge is -2.30. The Bertz CT molecular complexity index is 1320. The van der Waals surface area contributed by atoms with Gasteiger partial charge in [-0.3, -0.25) is 9.88 Å². The van der Waals surface area contributed by atoms with Gasteiger partial charge in [-0.15, -0.1) is 0 Å². The minimum Gasteiger partial charge on any atom is -0.369 e. The molecule has 2 amide bonds. The molecule has 0 radical (unpaired) electrons. The number of alkyl halides is 3. The molecule has 3 aromatic heterocycles. The molecule has 14 heteroatoms. The Hall–Kier alpha value is -2.67. The van der Waals surface area contributed by atoms with E-state index in [1.165, 1.54) is 24.5 Å². The van der Waals surface area contributed by atoms with Crippen molar-refractivity contribution in [1.82, 2.24) is 24.5 Å². The third-order valence-electron chi connectivity index (χ3n) is 6.29. The van der Waals surface area contributed by atoms with Gasteiger partial charge in [0.1, 0.15) is 11.5 Å². The number of likely N-dealkylation sites (N-methyl/N-ethyl adjacent to an activating group) is 1. The van der Waals surface area contributed by atoms with Gasteiger partial charge in [0.05, 0.1) is 46.8 Å². The standard InChI is InChI=1S/C21H20Cl2F3N7O2/c1-20(21(24,25)26)10-32(13-8-27-16-6-15(23)30-33(16)18(13)20)19(34)29-11-5-12(22)17(28-7-11)14-9-31(2)3-4-35-14/h5-8,14H,3-4,9-10H2,1-2H3,(H,29,34)/t14?,20-/m1/s1. The van der Waals surface area contributed by atoms with Crippen LogP contribution in [0.1, 0.15) is 24.4 Å². The van der Waals surface area contributed by atoms with Crippen LogP contribution in [0.2, 0.25) is 10.2 Å². The fraction of sp³-hybridized carbons (Fsp3) is 0.429. The highest BCUT2D eigenvalue weighted by molar-refractivity contribution is 6.31. The summed E-state index contributed by atoms with van der Waals surface area (Å²) < 4.78 is 49.5. The van der Waals surface area contributed by atoms with Crippen LogP contribution in [-0.2, 0) is 10.2 Å². The SMILES string of the molecule is CN1CCOC(c2ncc(NC(=O)N3C[C@@](C)(C(F)(F)F)c4c3cnc3cc(Cl)nn43)cc2Cl)C1. The molecule has 0 spiro atoms. The molecule has 0 saturated carbocycles. The number of aromatic nitrogens is 4. The predicted molar refractivity (Wildman–Crippen MR) is 123 cm³/mol. The van der Waals surface area contributed by atoms with Crippen LogP contribution in [0.4, 0.5) is 29.3 Å². The molecule has 186 valence electrons. The number of halogens is 5. The fourth-order valence-corrected chi connectivity index (χ4v) is 4.84. The van der Waals surface area contributed by atoms with Gasteiger partial charge in [0.2, 0.25) is 0 Å². The zero-order valence-electron chi connectivity index (χ0n) is 18.6. The van der Waals surface area contributed by atoms with Gasteiger partial charge in [-0.2, -0.15) is 18.3 Å². The van der Waals surface area contributed by atoms with E-state index in [0.717, 1.165) is 22.9 Å². The zero-order valence-corrected chi connectivity index (χ0v) is 20.1. The molecule has 35 heavy (non-hydrogen) atoms. The molecule has 2 aliphatic heterocycles. The van der Waals surface area contributed by atoms with Gasteiger partial charge >= 0.3 is 12.2 Å². The average Bonchev–Trinajstić information content (AvgIpc) is 3.31. The van der Waals surface area contributed by atoms with Crippen molar-refractivity contribution in [2.24, 2.45) is 0 Å². The number of morpholine rings is 1. The van der Waals surface area contributed by atoms with E-state index < -0.39 is 24.2 Å². The second-order valence-corrected chi connectivity index (χ2v) is 9.58. The number of hydrogen-bond acceptors (Lipinski definition) is 6. The summed E-state index contributed by atoms with van der Waals surface area (Å²) in [6.45, 7) is 2.28. The molecule has 5 rings (SSSR count). The molecule has 0 aliphatic carbocycles. The Balaban J connectivity index is 1.45. The average molecular weight is 530 g/mol. The molecule has 1 saturated heterocycles. The first kappa shape index (κ1) is 24.0. The molecule has 2 aliphatic rings. The van der Waals surface area contributed by atoms with Gasteiger partial charge in [0.25, 0.3) is 0 Å². The van der Waals surface area contributed by atoms with Crippen molar-refractivity contribution in [1.29, 1.82) is 0 Å². The van der Waals surface area contributed by atoms with Crippen molar-refractivity contribution in [3.63, 3.8) is 0 Å². The number of nitrogens with zero attached hydrogens (tertiary/aromatic N) is 6. The number of nitrogens with one attached hydrogen (secondary N) is 1. The summed E-state index contributed by atoms with van der Waals surface area (Å²) in [6.07, 6.45) is -2.39. The first-order valence-electron chi connectivity index (χ1n) is 10.6.